The number of ether oxygens (including phenoxy) is 1. The van der Waals surface area contributed by atoms with Gasteiger partial charge in [-0.15, -0.1) is 0 Å². The summed E-state index contributed by atoms with van der Waals surface area (Å²) >= 11 is 7.02. The number of benzene rings is 3. The Balaban J connectivity index is 1.41. The van der Waals surface area contributed by atoms with Crippen LogP contribution in [0.5, 0.6) is 11.5 Å². The van der Waals surface area contributed by atoms with Crippen LogP contribution in [0.2, 0.25) is 5.02 Å². The highest BCUT2D eigenvalue weighted by Crippen LogP contribution is 2.51. The summed E-state index contributed by atoms with van der Waals surface area (Å²) in [5.74, 6) is 0.0139. The van der Waals surface area contributed by atoms with Gasteiger partial charge in [-0.2, -0.15) is 0 Å². The molecule has 0 bridgehead atoms. The molecule has 1 fully saturated rings. The van der Waals surface area contributed by atoms with Crippen LogP contribution in [0, 0.1) is 5.41 Å². The summed E-state index contributed by atoms with van der Waals surface area (Å²) in [6, 6.07) is 19.3. The second-order valence-electron chi connectivity index (χ2n) is 13.7. The molecule has 2 atom stereocenters. The van der Waals surface area contributed by atoms with E-state index in [2.05, 4.69) is 5.32 Å². The molecule has 47 heavy (non-hydrogen) atoms. The number of ketones is 1. The maximum Gasteiger partial charge on any atom is 0.228 e. The van der Waals surface area contributed by atoms with Crippen LogP contribution in [0.25, 0.3) is 0 Å². The van der Waals surface area contributed by atoms with E-state index >= 15 is 0 Å². The minimum absolute atomic E-state index is 0.0425. The minimum Gasteiger partial charge on any atom is -0.506 e. The number of carbonyl (C=O) groups is 3. The van der Waals surface area contributed by atoms with Gasteiger partial charge in [-0.3, -0.25) is 19.3 Å². The molecule has 3 aliphatic rings. The topological polar surface area (TPSA) is 99.2 Å². The largest absolute Gasteiger partial charge is 0.506 e. The van der Waals surface area contributed by atoms with Crippen LogP contribution in [0.4, 0.5) is 11.4 Å². The van der Waals surface area contributed by atoms with E-state index in [0.29, 0.717) is 58.6 Å². The van der Waals surface area contributed by atoms with Gasteiger partial charge in [0.2, 0.25) is 11.8 Å². The number of carbonyl (C=O) groups excluding carboxylic acids is 3. The average Bonchev–Trinajstić information content (AvgIpc) is 3.18. The van der Waals surface area contributed by atoms with Gasteiger partial charge in [-0.1, -0.05) is 67.9 Å². The number of allylic oxidation sites excluding steroid dienone is 1. The molecule has 246 valence electrons. The number of phenolic OH excluding ortho intramolecular Hbond substituents is 1. The maximum atomic E-state index is 14.5. The summed E-state index contributed by atoms with van der Waals surface area (Å²) in [5.41, 5.74) is 3.07. The molecule has 2 amide bonds. The quantitative estimate of drug-likeness (QED) is 0.251. The molecule has 2 heterocycles. The third-order valence-corrected chi connectivity index (χ3v) is 9.79. The minimum atomic E-state index is -0.892. The maximum absolute atomic E-state index is 14.5. The Morgan fingerprint density at radius 2 is 1.77 bits per heavy atom. The molecule has 1 saturated heterocycles. The van der Waals surface area contributed by atoms with Crippen molar-refractivity contribution in [1.29, 1.82) is 0 Å². The second kappa shape index (κ2) is 13.4. The molecule has 0 aromatic heterocycles. The monoisotopic (exact) mass is 655 g/mol. The number of fused-ring (bicyclic) bond motifs is 1. The highest BCUT2D eigenvalue weighted by Gasteiger charge is 2.44. The van der Waals surface area contributed by atoms with E-state index in [9.17, 15) is 19.5 Å². The summed E-state index contributed by atoms with van der Waals surface area (Å²) in [6.07, 6.45) is 3.79. The van der Waals surface area contributed by atoms with Crippen molar-refractivity contribution in [3.63, 3.8) is 0 Å². The van der Waals surface area contributed by atoms with E-state index in [-0.39, 0.29) is 54.1 Å². The standard InChI is InChI=1S/C38H42ClN3O5/c1-24-10-7-8-19-41(24)33(45)17-18-34(46)42-30-13-9-14-31(43)36(30)40-29-21-38(2,3)22-32(44)35(29)37(42)27-16-15-26(20-28(27)39)47-23-25-11-5-4-6-12-25/h4-6,9,11-16,20,24,37,40,43H,7-8,10,17-19,21-23H2,1-3H3. The number of amides is 2. The summed E-state index contributed by atoms with van der Waals surface area (Å²) in [4.78, 5) is 45.3. The Bertz CT molecular complexity index is 1720. The summed E-state index contributed by atoms with van der Waals surface area (Å²) in [6.45, 7) is 7.16. The molecule has 8 nitrogen and oxygen atoms in total. The summed E-state index contributed by atoms with van der Waals surface area (Å²) in [5, 5.41) is 14.8. The van der Waals surface area contributed by atoms with E-state index in [0.717, 1.165) is 24.8 Å². The first-order valence-corrected chi connectivity index (χ1v) is 16.8. The van der Waals surface area contributed by atoms with E-state index < -0.39 is 6.04 Å². The fourth-order valence-electron chi connectivity index (χ4n) is 7.12. The van der Waals surface area contributed by atoms with Crippen LogP contribution in [-0.4, -0.2) is 40.2 Å². The zero-order valence-electron chi connectivity index (χ0n) is 27.2. The average molecular weight is 656 g/mol. The lowest BCUT2D eigenvalue weighted by Gasteiger charge is -2.37. The molecule has 0 radical (unpaired) electrons. The Kier molecular flexibility index (Phi) is 9.33. The van der Waals surface area contributed by atoms with E-state index in [4.69, 9.17) is 16.3 Å². The van der Waals surface area contributed by atoms with Gasteiger partial charge in [0.15, 0.2) is 5.78 Å². The van der Waals surface area contributed by atoms with Crippen LogP contribution in [0.3, 0.4) is 0 Å². The lowest BCUT2D eigenvalue weighted by Crippen LogP contribution is -2.43. The first-order valence-electron chi connectivity index (χ1n) is 16.5. The van der Waals surface area contributed by atoms with Crippen molar-refractivity contribution in [3.05, 3.63) is 94.1 Å². The van der Waals surface area contributed by atoms with Crippen LogP contribution in [0.1, 0.15) is 82.9 Å². The van der Waals surface area contributed by atoms with Gasteiger partial charge in [0, 0.05) is 48.1 Å². The van der Waals surface area contributed by atoms with Crippen molar-refractivity contribution < 1.29 is 24.2 Å². The Labute approximate surface area is 281 Å². The second-order valence-corrected chi connectivity index (χ2v) is 14.1. The SMILES string of the molecule is CC1CCCCN1C(=O)CCC(=O)N1c2cccc(O)c2NC2=C(C(=O)CC(C)(C)C2)C1c1ccc(OCc2ccccc2)cc1Cl. The molecule has 2 N–H and O–H groups in total. The smallest absolute Gasteiger partial charge is 0.228 e. The normalized spacial score (nSPS) is 20.6. The molecule has 3 aromatic carbocycles. The Hall–Kier alpha value is -4.30. The van der Waals surface area contributed by atoms with Crippen LogP contribution >= 0.6 is 11.6 Å². The summed E-state index contributed by atoms with van der Waals surface area (Å²) in [7, 11) is 0. The number of para-hydroxylation sites is 1. The highest BCUT2D eigenvalue weighted by molar-refractivity contribution is 6.31. The molecule has 0 saturated carbocycles. The fraction of sp³-hybridized carbons (Fsp3) is 0.395. The molecular formula is C38H42ClN3O5. The Morgan fingerprint density at radius 3 is 2.51 bits per heavy atom. The van der Waals surface area contributed by atoms with E-state index in [1.807, 2.05) is 56.0 Å². The highest BCUT2D eigenvalue weighted by atomic mass is 35.5. The van der Waals surface area contributed by atoms with Crippen molar-refractivity contribution in [2.24, 2.45) is 5.41 Å². The van der Waals surface area contributed by atoms with Gasteiger partial charge in [-0.05, 0) is 73.4 Å². The number of nitrogens with zero attached hydrogens (tertiary/aromatic N) is 2. The van der Waals surface area contributed by atoms with Gasteiger partial charge in [0.25, 0.3) is 0 Å². The number of phenols is 1. The lowest BCUT2D eigenvalue weighted by atomic mass is 9.73. The number of nitrogens with one attached hydrogen (secondary N) is 1. The molecule has 6 rings (SSSR count). The van der Waals surface area contributed by atoms with Crippen LogP contribution in [-0.2, 0) is 21.0 Å². The molecular weight excluding hydrogens is 614 g/mol. The van der Waals surface area contributed by atoms with Gasteiger partial charge in [0.05, 0.1) is 11.7 Å². The fourth-order valence-corrected chi connectivity index (χ4v) is 7.39. The van der Waals surface area contributed by atoms with Crippen molar-refractivity contribution >= 4 is 40.6 Å². The van der Waals surface area contributed by atoms with E-state index in [1.165, 1.54) is 0 Å². The zero-order chi connectivity index (χ0) is 33.3. The third kappa shape index (κ3) is 6.89. The first kappa shape index (κ1) is 32.6. The predicted octanol–water partition coefficient (Wildman–Crippen LogP) is 7.95. The van der Waals surface area contributed by atoms with Gasteiger partial charge < -0.3 is 20.1 Å². The number of piperidine rings is 1. The molecule has 9 heteroatoms. The number of aromatic hydroxyl groups is 1. The third-order valence-electron chi connectivity index (χ3n) is 9.47. The number of hydrogen-bond donors (Lipinski definition) is 2. The van der Waals surface area contributed by atoms with Gasteiger partial charge in [0.1, 0.15) is 23.8 Å². The molecule has 0 spiro atoms. The molecule has 2 unspecified atom stereocenters. The van der Waals surface area contributed by atoms with Crippen LogP contribution in [0.15, 0.2) is 78.0 Å². The van der Waals surface area contributed by atoms with Crippen molar-refractivity contribution in [3.8, 4) is 11.5 Å². The number of rotatable bonds is 7. The molecule has 1 aliphatic carbocycles. The number of anilines is 2. The molecule has 2 aliphatic heterocycles. The van der Waals surface area contributed by atoms with Gasteiger partial charge >= 0.3 is 0 Å². The van der Waals surface area contributed by atoms with Crippen molar-refractivity contribution in [2.45, 2.75) is 84.4 Å². The number of likely N-dealkylation sites (tertiary alicyclic amines) is 1. The first-order chi connectivity index (χ1) is 22.5. The molecule has 3 aromatic rings. The van der Waals surface area contributed by atoms with Crippen molar-refractivity contribution in [1.82, 2.24) is 4.90 Å². The predicted molar refractivity (Wildman–Crippen MR) is 183 cm³/mol. The Morgan fingerprint density at radius 1 is 1.00 bits per heavy atom. The lowest BCUT2D eigenvalue weighted by molar-refractivity contribution is -0.136. The van der Waals surface area contributed by atoms with Crippen molar-refractivity contribution in [2.75, 3.05) is 16.8 Å². The number of Topliss-reactive ketones (excluding diaryl/α,β-unsaturated/α-hetero) is 1. The zero-order valence-corrected chi connectivity index (χ0v) is 28.0. The number of halogens is 1. The van der Waals surface area contributed by atoms with Crippen LogP contribution < -0.4 is 15.0 Å². The van der Waals surface area contributed by atoms with E-state index in [1.54, 1.807) is 41.3 Å². The van der Waals surface area contributed by atoms with Gasteiger partial charge in [-0.25, -0.2) is 0 Å². The number of hydrogen-bond acceptors (Lipinski definition) is 6. The summed E-state index contributed by atoms with van der Waals surface area (Å²) < 4.78 is 6.04.